The quantitative estimate of drug-likeness (QED) is 0.710. The van der Waals surface area contributed by atoms with Crippen LogP contribution in [-0.2, 0) is 11.2 Å². The molecule has 0 unspecified atom stereocenters. The van der Waals surface area contributed by atoms with Gasteiger partial charge in [0.1, 0.15) is 5.82 Å². The van der Waals surface area contributed by atoms with E-state index in [9.17, 15) is 4.79 Å². The third-order valence-corrected chi connectivity index (χ3v) is 5.29. The van der Waals surface area contributed by atoms with Crippen molar-refractivity contribution in [1.82, 2.24) is 9.88 Å². The van der Waals surface area contributed by atoms with Gasteiger partial charge in [-0.3, -0.25) is 4.79 Å². The van der Waals surface area contributed by atoms with Crippen molar-refractivity contribution < 1.29 is 4.79 Å². The summed E-state index contributed by atoms with van der Waals surface area (Å²) in [6.07, 6.45) is 1.39. The molecular formula is C23H25N3O. The molecule has 1 aliphatic heterocycles. The number of piperazine rings is 1. The predicted octanol–water partition coefficient (Wildman–Crippen LogP) is 3.82. The minimum atomic E-state index is 0.252. The van der Waals surface area contributed by atoms with Crippen molar-refractivity contribution in [2.24, 2.45) is 0 Å². The summed E-state index contributed by atoms with van der Waals surface area (Å²) in [7, 11) is 0. The van der Waals surface area contributed by atoms with Gasteiger partial charge < -0.3 is 9.80 Å². The summed E-state index contributed by atoms with van der Waals surface area (Å²) < 4.78 is 0. The van der Waals surface area contributed by atoms with Gasteiger partial charge in [0.25, 0.3) is 0 Å². The Balaban J connectivity index is 1.37. The molecule has 0 N–H and O–H groups in total. The molecule has 138 valence electrons. The molecule has 4 heteroatoms. The third-order valence-electron chi connectivity index (χ3n) is 5.29. The minimum absolute atomic E-state index is 0.252. The molecule has 3 aromatic rings. The van der Waals surface area contributed by atoms with Crippen LogP contribution in [0.15, 0.2) is 60.7 Å². The fourth-order valence-electron chi connectivity index (χ4n) is 3.75. The number of hydrogen-bond acceptors (Lipinski definition) is 3. The number of carbonyl (C=O) groups excluding carboxylic acids is 1. The van der Waals surface area contributed by atoms with Crippen molar-refractivity contribution in [2.75, 3.05) is 31.1 Å². The number of aromatic nitrogens is 1. The van der Waals surface area contributed by atoms with Crippen LogP contribution in [0.5, 0.6) is 0 Å². The summed E-state index contributed by atoms with van der Waals surface area (Å²) in [5, 5.41) is 1.17. The molecule has 1 fully saturated rings. The average molecular weight is 359 g/mol. The van der Waals surface area contributed by atoms with Crippen LogP contribution in [0.3, 0.4) is 0 Å². The molecule has 2 aromatic carbocycles. The molecule has 0 atom stereocenters. The zero-order valence-electron chi connectivity index (χ0n) is 15.8. The fraction of sp³-hybridized carbons (Fsp3) is 0.304. The first-order valence-corrected chi connectivity index (χ1v) is 9.64. The second-order valence-electron chi connectivity index (χ2n) is 7.18. The number of rotatable bonds is 4. The molecule has 27 heavy (non-hydrogen) atoms. The van der Waals surface area contributed by atoms with E-state index in [0.717, 1.165) is 43.9 Å². The van der Waals surface area contributed by atoms with Crippen LogP contribution in [0.25, 0.3) is 10.9 Å². The van der Waals surface area contributed by atoms with E-state index in [-0.39, 0.29) is 5.91 Å². The molecule has 0 bridgehead atoms. The molecule has 1 aliphatic rings. The Morgan fingerprint density at radius 3 is 2.44 bits per heavy atom. The van der Waals surface area contributed by atoms with Crippen LogP contribution < -0.4 is 4.90 Å². The molecule has 1 aromatic heterocycles. The van der Waals surface area contributed by atoms with Gasteiger partial charge in [-0.05, 0) is 36.6 Å². The Labute approximate surface area is 160 Å². The second-order valence-corrected chi connectivity index (χ2v) is 7.18. The largest absolute Gasteiger partial charge is 0.353 e. The van der Waals surface area contributed by atoms with Gasteiger partial charge in [-0.15, -0.1) is 0 Å². The fourth-order valence-corrected chi connectivity index (χ4v) is 3.75. The summed E-state index contributed by atoms with van der Waals surface area (Å²) >= 11 is 0. The molecule has 0 aliphatic carbocycles. The van der Waals surface area contributed by atoms with Gasteiger partial charge in [0.2, 0.25) is 5.91 Å². The number of nitrogens with zero attached hydrogens (tertiary/aromatic N) is 3. The highest BCUT2D eigenvalue weighted by Gasteiger charge is 2.22. The Kier molecular flexibility index (Phi) is 5.05. The van der Waals surface area contributed by atoms with Crippen molar-refractivity contribution in [3.8, 4) is 0 Å². The topological polar surface area (TPSA) is 36.4 Å². The maximum absolute atomic E-state index is 12.5. The molecule has 4 nitrogen and oxygen atoms in total. The lowest BCUT2D eigenvalue weighted by Gasteiger charge is -2.36. The van der Waals surface area contributed by atoms with Crippen LogP contribution in [0.4, 0.5) is 5.82 Å². The van der Waals surface area contributed by atoms with E-state index in [4.69, 9.17) is 4.98 Å². The van der Waals surface area contributed by atoms with E-state index in [1.807, 2.05) is 35.2 Å². The number of fused-ring (bicyclic) bond motifs is 1. The maximum Gasteiger partial charge on any atom is 0.223 e. The highest BCUT2D eigenvalue weighted by Crippen LogP contribution is 2.24. The van der Waals surface area contributed by atoms with Gasteiger partial charge in [0, 0.05) is 38.0 Å². The summed E-state index contributed by atoms with van der Waals surface area (Å²) in [5.74, 6) is 1.30. The smallest absolute Gasteiger partial charge is 0.223 e. The standard InChI is InChI=1S/C23H25N3O/c1-18-17-20-9-5-6-10-21(20)24-23(18)26-15-13-25(14-16-26)22(27)12-11-19-7-3-2-4-8-19/h2-10,17H,11-16H2,1H3. The monoisotopic (exact) mass is 359 g/mol. The van der Waals surface area contributed by atoms with E-state index in [1.54, 1.807) is 0 Å². The summed E-state index contributed by atoms with van der Waals surface area (Å²) in [6.45, 7) is 5.32. The van der Waals surface area contributed by atoms with Crippen LogP contribution >= 0.6 is 0 Å². The first-order chi connectivity index (χ1) is 13.2. The summed E-state index contributed by atoms with van der Waals surface area (Å²) in [5.41, 5.74) is 3.44. The molecular weight excluding hydrogens is 334 g/mol. The van der Waals surface area contributed by atoms with Crippen molar-refractivity contribution >= 4 is 22.6 Å². The number of carbonyl (C=O) groups is 1. The van der Waals surface area contributed by atoms with E-state index >= 15 is 0 Å². The van der Waals surface area contributed by atoms with Gasteiger partial charge in [0.05, 0.1) is 5.52 Å². The maximum atomic E-state index is 12.5. The molecule has 0 radical (unpaired) electrons. The Bertz CT molecular complexity index is 931. The summed E-state index contributed by atoms with van der Waals surface area (Å²) in [4.78, 5) is 21.7. The van der Waals surface area contributed by atoms with Crippen LogP contribution in [0.2, 0.25) is 0 Å². The Morgan fingerprint density at radius 2 is 1.67 bits per heavy atom. The second kappa shape index (κ2) is 7.78. The number of benzene rings is 2. The molecule has 0 saturated carbocycles. The Hall–Kier alpha value is -2.88. The highest BCUT2D eigenvalue weighted by molar-refractivity contribution is 5.82. The van der Waals surface area contributed by atoms with Gasteiger partial charge in [-0.25, -0.2) is 4.98 Å². The first-order valence-electron chi connectivity index (χ1n) is 9.64. The predicted molar refractivity (Wildman–Crippen MR) is 110 cm³/mol. The zero-order chi connectivity index (χ0) is 18.6. The van der Waals surface area contributed by atoms with Crippen molar-refractivity contribution in [3.63, 3.8) is 0 Å². The van der Waals surface area contributed by atoms with Gasteiger partial charge in [-0.2, -0.15) is 0 Å². The van der Waals surface area contributed by atoms with E-state index in [0.29, 0.717) is 6.42 Å². The van der Waals surface area contributed by atoms with Crippen molar-refractivity contribution in [1.29, 1.82) is 0 Å². The highest BCUT2D eigenvalue weighted by atomic mass is 16.2. The molecule has 2 heterocycles. The van der Waals surface area contributed by atoms with E-state index in [1.165, 1.54) is 16.5 Å². The lowest BCUT2D eigenvalue weighted by atomic mass is 10.1. The lowest BCUT2D eigenvalue weighted by molar-refractivity contribution is -0.131. The Morgan fingerprint density at radius 1 is 0.963 bits per heavy atom. The van der Waals surface area contributed by atoms with Crippen LogP contribution in [-0.4, -0.2) is 42.0 Å². The van der Waals surface area contributed by atoms with E-state index < -0.39 is 0 Å². The molecule has 1 amide bonds. The SMILES string of the molecule is Cc1cc2ccccc2nc1N1CCN(C(=O)CCc2ccccc2)CC1. The number of aryl methyl sites for hydroxylation is 2. The van der Waals surface area contributed by atoms with Crippen LogP contribution in [0, 0.1) is 6.92 Å². The van der Waals surface area contributed by atoms with E-state index in [2.05, 4.69) is 42.2 Å². The normalized spacial score (nSPS) is 14.6. The van der Waals surface area contributed by atoms with Gasteiger partial charge in [-0.1, -0.05) is 48.5 Å². The number of hydrogen-bond donors (Lipinski definition) is 0. The number of para-hydroxylation sites is 1. The zero-order valence-corrected chi connectivity index (χ0v) is 15.8. The summed E-state index contributed by atoms with van der Waals surface area (Å²) in [6, 6.07) is 20.7. The number of pyridine rings is 1. The van der Waals surface area contributed by atoms with Crippen molar-refractivity contribution in [3.05, 3.63) is 71.8 Å². The average Bonchev–Trinajstić information content (AvgIpc) is 2.72. The number of amides is 1. The van der Waals surface area contributed by atoms with Crippen molar-refractivity contribution in [2.45, 2.75) is 19.8 Å². The third kappa shape index (κ3) is 3.95. The lowest BCUT2D eigenvalue weighted by Crippen LogP contribution is -2.49. The van der Waals surface area contributed by atoms with Gasteiger partial charge >= 0.3 is 0 Å². The first kappa shape index (κ1) is 17.5. The molecule has 4 rings (SSSR count). The molecule has 0 spiro atoms. The minimum Gasteiger partial charge on any atom is -0.353 e. The number of anilines is 1. The van der Waals surface area contributed by atoms with Crippen LogP contribution in [0.1, 0.15) is 17.5 Å². The van der Waals surface area contributed by atoms with Gasteiger partial charge in [0.15, 0.2) is 0 Å². The molecule has 1 saturated heterocycles.